The van der Waals surface area contributed by atoms with E-state index >= 15 is 0 Å². The lowest BCUT2D eigenvalue weighted by Gasteiger charge is -2.48. The number of nitrogens with two attached hydrogens (primary N) is 1. The lowest BCUT2D eigenvalue weighted by molar-refractivity contribution is -0.0189. The van der Waals surface area contributed by atoms with Gasteiger partial charge in [-0.15, -0.1) is 0 Å². The predicted octanol–water partition coefficient (Wildman–Crippen LogP) is 2.50. The van der Waals surface area contributed by atoms with Crippen molar-refractivity contribution in [3.05, 3.63) is 0 Å². The number of piperidine rings is 1. The average molecular weight is 256 g/mol. The first-order valence-corrected chi connectivity index (χ1v) is 7.33. The summed E-state index contributed by atoms with van der Waals surface area (Å²) in [4.78, 5) is 2.57. The standard InChI is InChI=1S/C15H32N2O/c1-6-15(11-16,12-18-5)17-9-7-13(8-10-17)14(2,3)4/h13H,6-12,16H2,1-5H3. The number of nitrogens with zero attached hydrogens (tertiary/aromatic N) is 1. The number of methoxy groups -OCH3 is 1. The summed E-state index contributed by atoms with van der Waals surface area (Å²) >= 11 is 0. The molecule has 0 saturated carbocycles. The minimum absolute atomic E-state index is 0.0532. The molecule has 1 heterocycles. The maximum Gasteiger partial charge on any atom is 0.0658 e. The van der Waals surface area contributed by atoms with Gasteiger partial charge in [-0.05, 0) is 43.7 Å². The molecule has 1 aliphatic heterocycles. The fourth-order valence-electron chi connectivity index (χ4n) is 3.24. The van der Waals surface area contributed by atoms with Gasteiger partial charge >= 0.3 is 0 Å². The van der Waals surface area contributed by atoms with E-state index in [4.69, 9.17) is 10.5 Å². The Morgan fingerprint density at radius 2 is 1.78 bits per heavy atom. The van der Waals surface area contributed by atoms with Gasteiger partial charge in [0, 0.05) is 13.7 Å². The molecule has 1 saturated heterocycles. The number of likely N-dealkylation sites (tertiary alicyclic amines) is 1. The lowest BCUT2D eigenvalue weighted by atomic mass is 9.74. The lowest BCUT2D eigenvalue weighted by Crippen LogP contribution is -2.59. The van der Waals surface area contributed by atoms with Crippen LogP contribution < -0.4 is 5.73 Å². The first-order valence-electron chi connectivity index (χ1n) is 7.33. The molecule has 0 radical (unpaired) electrons. The van der Waals surface area contributed by atoms with Gasteiger partial charge in [0.2, 0.25) is 0 Å². The van der Waals surface area contributed by atoms with Gasteiger partial charge in [0.15, 0.2) is 0 Å². The third-order valence-electron chi connectivity index (χ3n) is 4.84. The van der Waals surface area contributed by atoms with Gasteiger partial charge in [0.05, 0.1) is 12.1 Å². The minimum atomic E-state index is 0.0532. The van der Waals surface area contributed by atoms with Crippen molar-refractivity contribution < 1.29 is 4.74 Å². The van der Waals surface area contributed by atoms with E-state index in [2.05, 4.69) is 32.6 Å². The van der Waals surface area contributed by atoms with Crippen LogP contribution in [0.3, 0.4) is 0 Å². The summed E-state index contributed by atoms with van der Waals surface area (Å²) in [7, 11) is 1.78. The van der Waals surface area contributed by atoms with Crippen LogP contribution in [0.5, 0.6) is 0 Å². The van der Waals surface area contributed by atoms with Gasteiger partial charge < -0.3 is 10.5 Å². The quantitative estimate of drug-likeness (QED) is 0.821. The molecule has 1 fully saturated rings. The molecule has 1 aliphatic rings. The van der Waals surface area contributed by atoms with Crippen LogP contribution in [-0.4, -0.2) is 43.8 Å². The van der Waals surface area contributed by atoms with Gasteiger partial charge in [-0.1, -0.05) is 27.7 Å². The zero-order chi connectivity index (χ0) is 13.8. The van der Waals surface area contributed by atoms with Crippen LogP contribution in [0.25, 0.3) is 0 Å². The van der Waals surface area contributed by atoms with E-state index in [1.54, 1.807) is 7.11 Å². The summed E-state index contributed by atoms with van der Waals surface area (Å²) in [5, 5.41) is 0. The van der Waals surface area contributed by atoms with Crippen LogP contribution in [-0.2, 0) is 4.74 Å². The third kappa shape index (κ3) is 3.46. The Morgan fingerprint density at radius 3 is 2.11 bits per heavy atom. The molecule has 0 aromatic heterocycles. The van der Waals surface area contributed by atoms with E-state index in [1.807, 2.05) is 0 Å². The number of hydrogen-bond acceptors (Lipinski definition) is 3. The largest absolute Gasteiger partial charge is 0.383 e. The highest BCUT2D eigenvalue weighted by atomic mass is 16.5. The fourth-order valence-corrected chi connectivity index (χ4v) is 3.24. The first kappa shape index (κ1) is 15.9. The average Bonchev–Trinajstić information content (AvgIpc) is 2.35. The molecular weight excluding hydrogens is 224 g/mol. The maximum absolute atomic E-state index is 6.03. The Labute approximate surface area is 113 Å². The highest BCUT2D eigenvalue weighted by Crippen LogP contribution is 2.36. The van der Waals surface area contributed by atoms with Crippen LogP contribution in [0.15, 0.2) is 0 Å². The molecule has 18 heavy (non-hydrogen) atoms. The minimum Gasteiger partial charge on any atom is -0.383 e. The van der Waals surface area contributed by atoms with Gasteiger partial charge in [0.25, 0.3) is 0 Å². The van der Waals surface area contributed by atoms with E-state index in [0.29, 0.717) is 12.0 Å². The Morgan fingerprint density at radius 1 is 1.22 bits per heavy atom. The third-order valence-corrected chi connectivity index (χ3v) is 4.84. The van der Waals surface area contributed by atoms with Gasteiger partial charge in [-0.3, -0.25) is 4.90 Å². The van der Waals surface area contributed by atoms with Crippen molar-refractivity contribution in [1.82, 2.24) is 4.90 Å². The van der Waals surface area contributed by atoms with Crippen molar-refractivity contribution in [1.29, 1.82) is 0 Å². The Bertz CT molecular complexity index is 235. The predicted molar refractivity (Wildman–Crippen MR) is 77.7 cm³/mol. The smallest absolute Gasteiger partial charge is 0.0658 e. The second-order valence-corrected chi connectivity index (χ2v) is 6.84. The van der Waals surface area contributed by atoms with Crippen molar-refractivity contribution in [2.75, 3.05) is 33.4 Å². The molecule has 1 unspecified atom stereocenters. The molecule has 0 aliphatic carbocycles. The van der Waals surface area contributed by atoms with Crippen LogP contribution in [0.2, 0.25) is 0 Å². The van der Waals surface area contributed by atoms with Crippen molar-refractivity contribution in [3.8, 4) is 0 Å². The molecule has 2 N–H and O–H groups in total. The van der Waals surface area contributed by atoms with Gasteiger partial charge in [0.1, 0.15) is 0 Å². The van der Waals surface area contributed by atoms with E-state index in [0.717, 1.165) is 32.0 Å². The highest BCUT2D eigenvalue weighted by Gasteiger charge is 2.38. The van der Waals surface area contributed by atoms with Crippen molar-refractivity contribution in [3.63, 3.8) is 0 Å². The zero-order valence-corrected chi connectivity index (χ0v) is 13.0. The van der Waals surface area contributed by atoms with Gasteiger partial charge in [-0.2, -0.15) is 0 Å². The molecular formula is C15H32N2O. The molecule has 0 spiro atoms. The van der Waals surface area contributed by atoms with Crippen molar-refractivity contribution in [2.45, 2.75) is 52.5 Å². The number of ether oxygens (including phenoxy) is 1. The molecule has 3 heteroatoms. The topological polar surface area (TPSA) is 38.5 Å². The van der Waals surface area contributed by atoms with Gasteiger partial charge in [-0.25, -0.2) is 0 Å². The summed E-state index contributed by atoms with van der Waals surface area (Å²) in [5.41, 5.74) is 6.52. The zero-order valence-electron chi connectivity index (χ0n) is 13.0. The summed E-state index contributed by atoms with van der Waals surface area (Å²) < 4.78 is 5.41. The SMILES string of the molecule is CCC(CN)(COC)N1CCC(C(C)(C)C)CC1. The van der Waals surface area contributed by atoms with E-state index < -0.39 is 0 Å². The van der Waals surface area contributed by atoms with Crippen LogP contribution in [0.1, 0.15) is 47.0 Å². The summed E-state index contributed by atoms with van der Waals surface area (Å²) in [6.07, 6.45) is 3.64. The molecule has 1 atom stereocenters. The van der Waals surface area contributed by atoms with Crippen LogP contribution in [0.4, 0.5) is 0 Å². The molecule has 1 rings (SSSR count). The molecule has 3 nitrogen and oxygen atoms in total. The Kier molecular flexibility index (Phi) is 5.63. The molecule has 0 aromatic carbocycles. The van der Waals surface area contributed by atoms with E-state index in [9.17, 15) is 0 Å². The Hall–Kier alpha value is -0.120. The molecule has 0 aromatic rings. The molecule has 0 bridgehead atoms. The summed E-state index contributed by atoms with van der Waals surface area (Å²) in [5.74, 6) is 0.837. The second kappa shape index (κ2) is 6.36. The van der Waals surface area contributed by atoms with Crippen LogP contribution >= 0.6 is 0 Å². The first-order chi connectivity index (χ1) is 8.39. The summed E-state index contributed by atoms with van der Waals surface area (Å²) in [6.45, 7) is 13.1. The normalized spacial score (nSPS) is 23.0. The van der Waals surface area contributed by atoms with Crippen molar-refractivity contribution in [2.24, 2.45) is 17.1 Å². The van der Waals surface area contributed by atoms with Crippen molar-refractivity contribution >= 4 is 0 Å². The molecule has 0 amide bonds. The van der Waals surface area contributed by atoms with Crippen LogP contribution in [0, 0.1) is 11.3 Å². The Balaban J connectivity index is 2.65. The van der Waals surface area contributed by atoms with E-state index in [-0.39, 0.29) is 5.54 Å². The molecule has 108 valence electrons. The summed E-state index contributed by atoms with van der Waals surface area (Å²) in [6, 6.07) is 0. The maximum atomic E-state index is 6.03. The van der Waals surface area contributed by atoms with E-state index in [1.165, 1.54) is 12.8 Å². The highest BCUT2D eigenvalue weighted by molar-refractivity contribution is 4.94. The number of hydrogen-bond donors (Lipinski definition) is 1. The number of rotatable bonds is 5. The monoisotopic (exact) mass is 256 g/mol. The fraction of sp³-hybridized carbons (Fsp3) is 1.00. The second-order valence-electron chi connectivity index (χ2n) is 6.84.